The molecule has 0 bridgehead atoms. The third-order valence-electron chi connectivity index (χ3n) is 5.94. The molecule has 0 fully saturated rings. The van der Waals surface area contributed by atoms with E-state index >= 15 is 0 Å². The Morgan fingerprint density at radius 2 is 1.67 bits per heavy atom. The first-order valence-electron chi connectivity index (χ1n) is 11.9. The molecule has 0 aliphatic rings. The second-order valence-electron chi connectivity index (χ2n) is 8.47. The molecule has 11 heteroatoms. The van der Waals surface area contributed by atoms with Gasteiger partial charge in [-0.3, -0.25) is 19.0 Å². The number of fused-ring (bicyclic) bond motifs is 1. The van der Waals surface area contributed by atoms with E-state index in [1.165, 1.54) is 33.5 Å². The van der Waals surface area contributed by atoms with Crippen LogP contribution in [0, 0.1) is 11.6 Å². The zero-order valence-corrected chi connectivity index (χ0v) is 22.3. The van der Waals surface area contributed by atoms with E-state index in [1.807, 2.05) is 0 Å². The van der Waals surface area contributed by atoms with E-state index in [2.05, 4.69) is 9.97 Å². The van der Waals surface area contributed by atoms with E-state index in [4.69, 9.17) is 0 Å². The van der Waals surface area contributed by atoms with E-state index in [9.17, 15) is 22.0 Å². The lowest BCUT2D eigenvalue weighted by Crippen LogP contribution is -2.32. The summed E-state index contributed by atoms with van der Waals surface area (Å²) in [5.41, 5.74) is 1.23. The Bertz CT molecular complexity index is 1730. The number of sulfonamides is 1. The van der Waals surface area contributed by atoms with Crippen molar-refractivity contribution in [2.75, 3.05) is 15.7 Å². The molecule has 0 spiro atoms. The number of para-hydroxylation sites is 1. The molecule has 2 heterocycles. The first-order valence-corrected chi connectivity index (χ1v) is 14.2. The highest BCUT2D eigenvalue weighted by atomic mass is 32.2. The number of amides is 1. The molecule has 0 N–H and O–H groups in total. The van der Waals surface area contributed by atoms with Crippen molar-refractivity contribution in [3.05, 3.63) is 114 Å². The first kappa shape index (κ1) is 26.4. The summed E-state index contributed by atoms with van der Waals surface area (Å²) in [5.74, 6) is -2.07. The maximum atomic E-state index is 14.4. The van der Waals surface area contributed by atoms with Crippen molar-refractivity contribution in [1.29, 1.82) is 0 Å². The number of carbonyl (C=O) groups is 1. The van der Waals surface area contributed by atoms with Crippen molar-refractivity contribution in [2.24, 2.45) is 0 Å². The lowest BCUT2D eigenvalue weighted by molar-refractivity contribution is 0.0984. The number of rotatable bonds is 8. The third kappa shape index (κ3) is 5.36. The van der Waals surface area contributed by atoms with E-state index in [0.29, 0.717) is 11.4 Å². The smallest absolute Gasteiger partial charge is 0.264 e. The van der Waals surface area contributed by atoms with Crippen LogP contribution in [0.25, 0.3) is 10.2 Å². The molecule has 0 aliphatic heterocycles. The molecule has 198 valence electrons. The Hall–Kier alpha value is -4.22. The van der Waals surface area contributed by atoms with Gasteiger partial charge in [0.2, 0.25) is 0 Å². The number of carbonyl (C=O) groups excluding carboxylic acids is 1. The van der Waals surface area contributed by atoms with Gasteiger partial charge < -0.3 is 0 Å². The summed E-state index contributed by atoms with van der Waals surface area (Å²) >= 11 is 0.972. The van der Waals surface area contributed by atoms with Crippen LogP contribution in [0.5, 0.6) is 0 Å². The van der Waals surface area contributed by atoms with Crippen LogP contribution in [-0.2, 0) is 16.6 Å². The zero-order chi connectivity index (χ0) is 27.6. The summed E-state index contributed by atoms with van der Waals surface area (Å²) < 4.78 is 56.4. The maximum Gasteiger partial charge on any atom is 0.264 e. The molecule has 39 heavy (non-hydrogen) atoms. The predicted molar refractivity (Wildman–Crippen MR) is 147 cm³/mol. The normalized spacial score (nSPS) is 11.5. The minimum atomic E-state index is -3.88. The lowest BCUT2D eigenvalue weighted by atomic mass is 10.2. The van der Waals surface area contributed by atoms with Gasteiger partial charge in [0.1, 0.15) is 11.3 Å². The second kappa shape index (κ2) is 10.9. The molecule has 5 rings (SSSR count). The fourth-order valence-electron chi connectivity index (χ4n) is 4.08. The topological polar surface area (TPSA) is 83.5 Å². The molecule has 0 aliphatic carbocycles. The monoisotopic (exact) mass is 564 g/mol. The minimum absolute atomic E-state index is 0.0151. The summed E-state index contributed by atoms with van der Waals surface area (Å²) in [6.45, 7) is 1.98. The van der Waals surface area contributed by atoms with Gasteiger partial charge in [0, 0.05) is 24.4 Å². The fraction of sp³-hybridized carbons (Fsp3) is 0.107. The summed E-state index contributed by atoms with van der Waals surface area (Å²) in [4.78, 5) is 23.6. The maximum absolute atomic E-state index is 14.4. The summed E-state index contributed by atoms with van der Waals surface area (Å²) in [7, 11) is -3.88. The highest BCUT2D eigenvalue weighted by Crippen LogP contribution is 2.33. The standard InChI is InChI=1S/C28H22F2N4O3S2/c1-2-34(22-9-4-3-5-10-22)39(36,37)23-13-11-19(12-14-23)27(35)33(18-21-8-6-7-15-31-21)28-32-26-24(30)16-20(29)17-25(26)38-28/h3-17H,2,18H2,1H3. The SMILES string of the molecule is CCN(c1ccccc1)S(=O)(=O)c1ccc(C(=O)N(Cc2ccccn2)c2nc3c(F)cc(F)cc3s2)cc1. The molecule has 5 aromatic rings. The number of anilines is 2. The van der Waals surface area contributed by atoms with Crippen molar-refractivity contribution < 1.29 is 22.0 Å². The zero-order valence-electron chi connectivity index (χ0n) is 20.7. The second-order valence-corrected chi connectivity index (χ2v) is 11.3. The van der Waals surface area contributed by atoms with Crippen molar-refractivity contribution >= 4 is 48.3 Å². The number of thiazole rings is 1. The number of aromatic nitrogens is 2. The van der Waals surface area contributed by atoms with Crippen LogP contribution in [0.2, 0.25) is 0 Å². The van der Waals surface area contributed by atoms with E-state index in [1.54, 1.807) is 61.7 Å². The van der Waals surface area contributed by atoms with Crippen LogP contribution in [0.15, 0.2) is 96.0 Å². The quantitative estimate of drug-likeness (QED) is 0.230. The first-order chi connectivity index (χ1) is 18.8. The molecule has 0 saturated carbocycles. The number of halogens is 2. The largest absolute Gasteiger partial charge is 0.278 e. The van der Waals surface area contributed by atoms with Crippen LogP contribution < -0.4 is 9.21 Å². The van der Waals surface area contributed by atoms with Crippen molar-refractivity contribution in [1.82, 2.24) is 9.97 Å². The van der Waals surface area contributed by atoms with Crippen LogP contribution in [0.1, 0.15) is 23.0 Å². The summed E-state index contributed by atoms with van der Waals surface area (Å²) in [5, 5.41) is 0.156. The fourth-order valence-corrected chi connectivity index (χ4v) is 6.56. The van der Waals surface area contributed by atoms with Crippen molar-refractivity contribution in [2.45, 2.75) is 18.4 Å². The van der Waals surface area contributed by atoms with Crippen LogP contribution in [0.4, 0.5) is 19.6 Å². The molecular formula is C28H22F2N4O3S2. The van der Waals surface area contributed by atoms with Gasteiger partial charge in [0.25, 0.3) is 15.9 Å². The average molecular weight is 565 g/mol. The molecule has 0 atom stereocenters. The van der Waals surface area contributed by atoms with Crippen LogP contribution in [0.3, 0.4) is 0 Å². The number of pyridine rings is 1. The van der Waals surface area contributed by atoms with Crippen LogP contribution >= 0.6 is 11.3 Å². The van der Waals surface area contributed by atoms with Gasteiger partial charge in [0.05, 0.1) is 27.5 Å². The third-order valence-corrected chi connectivity index (χ3v) is 8.89. The Morgan fingerprint density at radius 1 is 0.949 bits per heavy atom. The van der Waals surface area contributed by atoms with Gasteiger partial charge in [-0.25, -0.2) is 22.2 Å². The van der Waals surface area contributed by atoms with Gasteiger partial charge in [-0.1, -0.05) is 35.6 Å². The Labute approximate surface area is 228 Å². The number of hydrogen-bond acceptors (Lipinski definition) is 6. The minimum Gasteiger partial charge on any atom is -0.278 e. The van der Waals surface area contributed by atoms with Gasteiger partial charge >= 0.3 is 0 Å². The number of hydrogen-bond donors (Lipinski definition) is 0. The number of benzene rings is 3. The van der Waals surface area contributed by atoms with E-state index in [0.717, 1.165) is 23.5 Å². The van der Waals surface area contributed by atoms with E-state index in [-0.39, 0.29) is 38.9 Å². The van der Waals surface area contributed by atoms with Gasteiger partial charge in [0.15, 0.2) is 10.9 Å². The van der Waals surface area contributed by atoms with Crippen molar-refractivity contribution in [3.63, 3.8) is 0 Å². The summed E-state index contributed by atoms with van der Waals surface area (Å²) in [6, 6.07) is 21.5. The Morgan fingerprint density at radius 3 is 2.33 bits per heavy atom. The highest BCUT2D eigenvalue weighted by molar-refractivity contribution is 7.92. The van der Waals surface area contributed by atoms with Gasteiger partial charge in [-0.15, -0.1) is 0 Å². The van der Waals surface area contributed by atoms with Gasteiger partial charge in [-0.05, 0) is 61.5 Å². The highest BCUT2D eigenvalue weighted by Gasteiger charge is 2.26. The van der Waals surface area contributed by atoms with E-state index < -0.39 is 27.6 Å². The molecule has 0 unspecified atom stereocenters. The molecule has 2 aromatic heterocycles. The number of nitrogens with zero attached hydrogens (tertiary/aromatic N) is 4. The predicted octanol–water partition coefficient (Wildman–Crippen LogP) is 6.03. The van der Waals surface area contributed by atoms with Crippen molar-refractivity contribution in [3.8, 4) is 0 Å². The Balaban J connectivity index is 1.50. The molecular weight excluding hydrogens is 542 g/mol. The molecule has 3 aromatic carbocycles. The van der Waals surface area contributed by atoms with Gasteiger partial charge in [-0.2, -0.15) is 0 Å². The molecule has 0 radical (unpaired) electrons. The molecule has 0 saturated heterocycles. The summed E-state index contributed by atoms with van der Waals surface area (Å²) in [6.07, 6.45) is 1.58. The molecule has 1 amide bonds. The lowest BCUT2D eigenvalue weighted by Gasteiger charge is -2.23. The van der Waals surface area contributed by atoms with Crippen LogP contribution in [-0.4, -0.2) is 30.8 Å². The average Bonchev–Trinajstić information content (AvgIpc) is 3.37. The molecule has 7 nitrogen and oxygen atoms in total. The Kier molecular flexibility index (Phi) is 7.36.